The van der Waals surface area contributed by atoms with Crippen molar-refractivity contribution in [1.29, 1.82) is 0 Å². The van der Waals surface area contributed by atoms with Gasteiger partial charge in [0.15, 0.2) is 0 Å². The number of hydrogen-bond acceptors (Lipinski definition) is 4. The Hall–Kier alpha value is -2.37. The summed E-state index contributed by atoms with van der Waals surface area (Å²) in [5.74, 6) is 0.821. The summed E-state index contributed by atoms with van der Waals surface area (Å²) >= 11 is 0. The van der Waals surface area contributed by atoms with Gasteiger partial charge in [-0.1, -0.05) is 29.8 Å². The van der Waals surface area contributed by atoms with E-state index < -0.39 is 0 Å². The van der Waals surface area contributed by atoms with Gasteiger partial charge in [0, 0.05) is 37.2 Å². The number of aryl methyl sites for hydroxylation is 1. The molecular formula is C24H30N2O3. The highest BCUT2D eigenvalue weighted by Crippen LogP contribution is 2.40. The van der Waals surface area contributed by atoms with Crippen LogP contribution in [0, 0.1) is 6.92 Å². The van der Waals surface area contributed by atoms with Crippen LogP contribution >= 0.6 is 0 Å². The van der Waals surface area contributed by atoms with Crippen molar-refractivity contribution in [3.05, 3.63) is 64.7 Å². The number of nitrogens with one attached hydrogen (secondary N) is 1. The summed E-state index contributed by atoms with van der Waals surface area (Å²) in [6, 6.07) is 14.1. The highest BCUT2D eigenvalue weighted by molar-refractivity contribution is 5.94. The average Bonchev–Trinajstić information content (AvgIpc) is 2.69. The molecule has 2 aromatic carbocycles. The monoisotopic (exact) mass is 394 g/mol. The summed E-state index contributed by atoms with van der Waals surface area (Å²) in [6.07, 6.45) is 0.739. The second-order valence-electron chi connectivity index (χ2n) is 8.72. The van der Waals surface area contributed by atoms with Crippen LogP contribution in [0.3, 0.4) is 0 Å². The summed E-state index contributed by atoms with van der Waals surface area (Å²) in [5.41, 5.74) is 3.76. The summed E-state index contributed by atoms with van der Waals surface area (Å²) in [7, 11) is 0. The minimum absolute atomic E-state index is 0.0380. The first kappa shape index (κ1) is 19.9. The van der Waals surface area contributed by atoms with Gasteiger partial charge in [-0.15, -0.1) is 0 Å². The van der Waals surface area contributed by atoms with Crippen LogP contribution in [0.1, 0.15) is 53.4 Å². The molecule has 1 N–H and O–H groups in total. The molecule has 0 radical (unpaired) electrons. The predicted molar refractivity (Wildman–Crippen MR) is 113 cm³/mol. The summed E-state index contributed by atoms with van der Waals surface area (Å²) in [5, 5.41) is 3.25. The quantitative estimate of drug-likeness (QED) is 0.856. The van der Waals surface area contributed by atoms with Gasteiger partial charge in [-0.2, -0.15) is 0 Å². The fraction of sp³-hybridized carbons (Fsp3) is 0.458. The molecule has 2 aromatic rings. The van der Waals surface area contributed by atoms with E-state index in [4.69, 9.17) is 9.47 Å². The molecule has 1 saturated heterocycles. The summed E-state index contributed by atoms with van der Waals surface area (Å²) in [4.78, 5) is 15.4. The number of morpholine rings is 1. The van der Waals surface area contributed by atoms with E-state index in [1.165, 1.54) is 5.56 Å². The van der Waals surface area contributed by atoms with Crippen LogP contribution in [0.5, 0.6) is 5.75 Å². The van der Waals surface area contributed by atoms with Crippen molar-refractivity contribution in [2.24, 2.45) is 0 Å². The molecule has 29 heavy (non-hydrogen) atoms. The van der Waals surface area contributed by atoms with Crippen molar-refractivity contribution >= 4 is 5.91 Å². The second-order valence-corrected chi connectivity index (χ2v) is 8.72. The molecule has 0 aliphatic carbocycles. The Kier molecular flexibility index (Phi) is 5.61. The molecule has 5 nitrogen and oxygen atoms in total. The van der Waals surface area contributed by atoms with E-state index in [0.29, 0.717) is 5.56 Å². The predicted octanol–water partition coefficient (Wildman–Crippen LogP) is 3.86. The topological polar surface area (TPSA) is 50.8 Å². The highest BCUT2D eigenvalue weighted by Gasteiger charge is 2.34. The Morgan fingerprint density at radius 3 is 2.76 bits per heavy atom. The molecule has 2 aliphatic heterocycles. The van der Waals surface area contributed by atoms with Gasteiger partial charge in [0.2, 0.25) is 0 Å². The Labute approximate surface area is 173 Å². The van der Waals surface area contributed by atoms with Crippen molar-refractivity contribution in [2.45, 2.75) is 45.4 Å². The third-order valence-electron chi connectivity index (χ3n) is 5.63. The third-order valence-corrected chi connectivity index (χ3v) is 5.63. The Bertz CT molecular complexity index is 887. The minimum Gasteiger partial charge on any atom is -0.487 e. The lowest BCUT2D eigenvalue weighted by atomic mass is 9.88. The van der Waals surface area contributed by atoms with E-state index in [-0.39, 0.29) is 17.6 Å². The molecule has 4 rings (SSSR count). The Morgan fingerprint density at radius 2 is 1.97 bits per heavy atom. The Morgan fingerprint density at radius 1 is 1.17 bits per heavy atom. The lowest BCUT2D eigenvalue weighted by Crippen LogP contribution is -2.41. The smallest absolute Gasteiger partial charge is 0.251 e. The van der Waals surface area contributed by atoms with Crippen LogP contribution in [0.2, 0.25) is 0 Å². The largest absolute Gasteiger partial charge is 0.487 e. The van der Waals surface area contributed by atoms with E-state index >= 15 is 0 Å². The third kappa shape index (κ3) is 4.80. The molecule has 1 fully saturated rings. The van der Waals surface area contributed by atoms with Gasteiger partial charge in [0.1, 0.15) is 11.4 Å². The van der Waals surface area contributed by atoms with Crippen molar-refractivity contribution < 1.29 is 14.3 Å². The molecule has 2 aliphatic rings. The average molecular weight is 395 g/mol. The van der Waals surface area contributed by atoms with Crippen molar-refractivity contribution in [1.82, 2.24) is 10.2 Å². The van der Waals surface area contributed by atoms with Gasteiger partial charge in [0.05, 0.1) is 19.3 Å². The zero-order valence-electron chi connectivity index (χ0n) is 17.5. The van der Waals surface area contributed by atoms with Gasteiger partial charge in [0.25, 0.3) is 5.91 Å². The van der Waals surface area contributed by atoms with E-state index in [1.54, 1.807) is 0 Å². The van der Waals surface area contributed by atoms with Crippen LogP contribution in [0.15, 0.2) is 42.5 Å². The first-order chi connectivity index (χ1) is 13.9. The molecular weight excluding hydrogens is 364 g/mol. The van der Waals surface area contributed by atoms with Gasteiger partial charge >= 0.3 is 0 Å². The zero-order valence-corrected chi connectivity index (χ0v) is 17.5. The number of hydrogen-bond donors (Lipinski definition) is 1. The number of nitrogens with zero attached hydrogens (tertiary/aromatic N) is 1. The molecule has 0 aromatic heterocycles. The van der Waals surface area contributed by atoms with Crippen molar-refractivity contribution in [2.75, 3.05) is 26.3 Å². The number of benzene rings is 2. The van der Waals surface area contributed by atoms with E-state index in [0.717, 1.165) is 56.1 Å². The van der Waals surface area contributed by atoms with Gasteiger partial charge in [-0.3, -0.25) is 9.69 Å². The maximum Gasteiger partial charge on any atom is 0.251 e. The van der Waals surface area contributed by atoms with Crippen molar-refractivity contribution in [3.8, 4) is 5.75 Å². The van der Waals surface area contributed by atoms with Crippen LogP contribution in [0.4, 0.5) is 0 Å². The molecule has 0 bridgehead atoms. The normalized spacial score (nSPS) is 21.1. The van der Waals surface area contributed by atoms with Gasteiger partial charge in [-0.05, 0) is 44.5 Å². The van der Waals surface area contributed by atoms with Crippen LogP contribution in [0.25, 0.3) is 0 Å². The second kappa shape index (κ2) is 8.17. The standard InChI is InChI=1S/C24H30N2O3/c1-17-7-8-22-20(13-17)21(15-24(2,3)29-22)25-23(27)19-6-4-5-18(14-19)16-26-9-11-28-12-10-26/h4-8,13-14,21H,9-12,15-16H2,1-3H3,(H,25,27)/t21-/m0/s1. The fourth-order valence-electron chi connectivity index (χ4n) is 4.17. The molecule has 0 saturated carbocycles. The molecule has 0 unspecified atom stereocenters. The molecule has 1 amide bonds. The molecule has 0 spiro atoms. The zero-order chi connectivity index (χ0) is 20.4. The molecule has 2 heterocycles. The lowest BCUT2D eigenvalue weighted by molar-refractivity contribution is 0.0341. The highest BCUT2D eigenvalue weighted by atomic mass is 16.5. The number of fused-ring (bicyclic) bond motifs is 1. The van der Waals surface area contributed by atoms with Crippen molar-refractivity contribution in [3.63, 3.8) is 0 Å². The summed E-state index contributed by atoms with van der Waals surface area (Å²) < 4.78 is 11.6. The van der Waals surface area contributed by atoms with E-state index in [2.05, 4.69) is 43.1 Å². The number of amides is 1. The van der Waals surface area contributed by atoms with E-state index in [1.807, 2.05) is 30.3 Å². The summed E-state index contributed by atoms with van der Waals surface area (Å²) in [6.45, 7) is 10.5. The number of ether oxygens (including phenoxy) is 2. The lowest BCUT2D eigenvalue weighted by Gasteiger charge is -2.38. The number of carbonyl (C=O) groups is 1. The maximum absolute atomic E-state index is 13.1. The first-order valence-corrected chi connectivity index (χ1v) is 10.4. The van der Waals surface area contributed by atoms with Crippen LogP contribution < -0.4 is 10.1 Å². The maximum atomic E-state index is 13.1. The van der Waals surface area contributed by atoms with Gasteiger partial charge < -0.3 is 14.8 Å². The molecule has 154 valence electrons. The van der Waals surface area contributed by atoms with Gasteiger partial charge in [-0.25, -0.2) is 0 Å². The van der Waals surface area contributed by atoms with Crippen LogP contribution in [-0.2, 0) is 11.3 Å². The van der Waals surface area contributed by atoms with E-state index in [9.17, 15) is 4.79 Å². The number of rotatable bonds is 4. The first-order valence-electron chi connectivity index (χ1n) is 10.4. The SMILES string of the molecule is Cc1ccc2c(c1)[C@@H](NC(=O)c1cccc(CN3CCOCC3)c1)CC(C)(C)O2. The molecule has 1 atom stereocenters. The Balaban J connectivity index is 1.50. The van der Waals surface area contributed by atoms with Crippen LogP contribution in [-0.4, -0.2) is 42.7 Å². The fourth-order valence-corrected chi connectivity index (χ4v) is 4.17. The minimum atomic E-state index is -0.321. The number of carbonyl (C=O) groups excluding carboxylic acids is 1. The molecule has 5 heteroatoms.